The molecule has 0 amide bonds. The first kappa shape index (κ1) is 88.2. The topological polar surface area (TPSA) is 346 Å². The average molecular weight is 1610 g/mol. The molecule has 1 atom stereocenters. The summed E-state index contributed by atoms with van der Waals surface area (Å²) in [7, 11) is 7.46. The summed E-state index contributed by atoms with van der Waals surface area (Å²) in [6, 6.07) is 53.1. The zero-order valence-corrected chi connectivity index (χ0v) is 65.6. The van der Waals surface area contributed by atoms with E-state index in [1.165, 1.54) is 16.7 Å². The molecule has 15 N–H and O–H groups in total. The van der Waals surface area contributed by atoms with Crippen LogP contribution in [-0.4, -0.2) is 138 Å². The lowest BCUT2D eigenvalue weighted by molar-refractivity contribution is -0.101. The van der Waals surface area contributed by atoms with E-state index in [-0.39, 0.29) is 42.7 Å². The van der Waals surface area contributed by atoms with Crippen molar-refractivity contribution < 1.29 is 29.9 Å². The van der Waals surface area contributed by atoms with Gasteiger partial charge in [-0.1, -0.05) is 180 Å². The maximum absolute atomic E-state index is 8.83. The summed E-state index contributed by atoms with van der Waals surface area (Å²) in [5.74, 6) is 9.03. The van der Waals surface area contributed by atoms with Gasteiger partial charge < -0.3 is 73.7 Å². The summed E-state index contributed by atoms with van der Waals surface area (Å²) in [5.41, 5.74) is 30.2. The molecule has 11 rings (SSSR count). The largest absolute Gasteiger partial charge is 0.396 e. The maximum Gasteiger partial charge on any atom is 0.188 e. The van der Waals surface area contributed by atoms with Crippen molar-refractivity contribution in [1.82, 2.24) is 44.8 Å². The summed E-state index contributed by atoms with van der Waals surface area (Å²) >= 11 is 14.7. The van der Waals surface area contributed by atoms with Gasteiger partial charge in [0.1, 0.15) is 41.5 Å². The quantitative estimate of drug-likeness (QED) is 0.0116. The minimum Gasteiger partial charge on any atom is -0.396 e. The van der Waals surface area contributed by atoms with Gasteiger partial charge in [-0.15, -0.1) is 0 Å². The number of alkyl halides is 1. The first-order valence-corrected chi connectivity index (χ1v) is 37.3. The van der Waals surface area contributed by atoms with Crippen molar-refractivity contribution in [3.8, 4) is 32.7 Å². The minimum absolute atomic E-state index is 0.0729. The van der Waals surface area contributed by atoms with Crippen LogP contribution in [0.25, 0.3) is 20.9 Å². The molecule has 0 fully saturated rings. The van der Waals surface area contributed by atoms with Crippen LogP contribution in [0.3, 0.4) is 0 Å². The number of anilines is 8. The number of nitrogen functional groups attached to an aromatic ring is 3. The lowest BCUT2D eigenvalue weighted by Gasteiger charge is -2.19. The molecule has 11 aromatic rings. The van der Waals surface area contributed by atoms with Gasteiger partial charge in [0.25, 0.3) is 0 Å². The first-order valence-electron chi connectivity index (χ1n) is 33.6. The Morgan fingerprint density at radius 3 is 1.26 bits per heavy atom. The number of nitrogens with two attached hydrogens (primary N) is 4. The summed E-state index contributed by atoms with van der Waals surface area (Å²) in [4.78, 5) is 37.9. The van der Waals surface area contributed by atoms with E-state index >= 15 is 0 Å². The number of nitrogens with one attached hydrogen (secondary N) is 3. The highest BCUT2D eigenvalue weighted by Gasteiger charge is 2.19. The highest BCUT2D eigenvalue weighted by atomic mass is 79.9. The zero-order valence-electron chi connectivity index (χ0n) is 60.0. The number of hydrogen-bond donors (Lipinski definition) is 11. The van der Waals surface area contributed by atoms with Crippen molar-refractivity contribution in [3.05, 3.63) is 251 Å². The van der Waals surface area contributed by atoms with E-state index in [9.17, 15) is 0 Å². The monoisotopic (exact) mass is 1610 g/mol. The van der Waals surface area contributed by atoms with E-state index in [0.29, 0.717) is 23.3 Å². The van der Waals surface area contributed by atoms with Crippen LogP contribution in [0.15, 0.2) is 218 Å². The highest BCUT2D eigenvalue weighted by molar-refractivity contribution is 9.10. The Kier molecular flexibility index (Phi) is 44.9. The third-order valence-electron chi connectivity index (χ3n) is 13.8. The van der Waals surface area contributed by atoms with Crippen molar-refractivity contribution >= 4 is 117 Å². The molecule has 8 heterocycles. The molecule has 22 nitrogen and oxygen atoms in total. The Bertz CT molecular complexity index is 4070. The van der Waals surface area contributed by atoms with Gasteiger partial charge in [0.2, 0.25) is 0 Å². The molecule has 8 aromatic heterocycles. The van der Waals surface area contributed by atoms with Crippen molar-refractivity contribution in [3.63, 3.8) is 0 Å². The number of halogens is 2. The predicted octanol–water partition coefficient (Wildman–Crippen LogP) is 14.8. The normalized spacial score (nSPS) is 10.3. The van der Waals surface area contributed by atoms with Crippen molar-refractivity contribution in [2.45, 2.75) is 76.3 Å². The average Bonchev–Trinajstić information content (AvgIpc) is 1.78. The molecule has 1 unspecified atom stereocenters. The predicted molar refractivity (Wildman–Crippen MR) is 443 cm³/mol. The number of hydrogen-bond acceptors (Lipinski definition) is 23. The van der Waals surface area contributed by atoms with E-state index in [1.807, 2.05) is 148 Å². The molecule has 105 heavy (non-hydrogen) atoms. The number of pyridine rings is 6. The van der Waals surface area contributed by atoms with Gasteiger partial charge in [-0.25, -0.2) is 39.9 Å². The van der Waals surface area contributed by atoms with Crippen LogP contribution in [0.2, 0.25) is 0 Å². The number of benzene rings is 3. The Morgan fingerprint density at radius 2 is 0.905 bits per heavy atom. The number of aromatic nitrogens is 8. The van der Waals surface area contributed by atoms with E-state index in [1.54, 1.807) is 85.9 Å². The number of aliphatic hydroxyl groups is 4. The van der Waals surface area contributed by atoms with Crippen LogP contribution in [0.1, 0.15) is 77.7 Å². The van der Waals surface area contributed by atoms with Crippen LogP contribution >= 0.6 is 66.8 Å². The van der Waals surface area contributed by atoms with Crippen LogP contribution in [0.5, 0.6) is 0 Å². The van der Waals surface area contributed by atoms with Gasteiger partial charge in [-0.3, -0.25) is 0 Å². The Morgan fingerprint density at radius 1 is 0.505 bits per heavy atom. The second-order valence-corrected chi connectivity index (χ2v) is 26.6. The SMILES string of the molecule is CC.CN(C)CCCc1ccc(Nc2ncc(-c3ccccc3)s2)nc1.COC(OC)C(Br)c1ccccc1.NC(=S)Nc1ccc(CCCO)cn1.Nc1ccc(Br)cn1.Nc1ccc(C#CCO)cn1.Nc1ccc(CCCO)cn1.OCCCc1ccc(Nc2ncc(-c3ccccc3)s2)nc1. The molecule has 0 spiro atoms. The van der Waals surface area contributed by atoms with Crippen LogP contribution in [0, 0.1) is 11.8 Å². The number of aliphatic hydroxyl groups excluding tert-OH is 4. The maximum atomic E-state index is 8.83. The molecule has 0 aliphatic heterocycles. The van der Waals surface area contributed by atoms with E-state index in [2.05, 4.69) is 161 Å². The van der Waals surface area contributed by atoms with Crippen molar-refractivity contribution in [2.75, 3.05) is 94.4 Å². The minimum atomic E-state index is -0.248. The zero-order chi connectivity index (χ0) is 76.2. The van der Waals surface area contributed by atoms with Gasteiger partial charge in [0.05, 0.1) is 14.6 Å². The van der Waals surface area contributed by atoms with Crippen molar-refractivity contribution in [2.24, 2.45) is 5.73 Å². The molecule has 0 bridgehead atoms. The lowest BCUT2D eigenvalue weighted by Crippen LogP contribution is -2.19. The van der Waals surface area contributed by atoms with E-state index in [0.717, 1.165) is 122 Å². The van der Waals surface area contributed by atoms with Crippen LogP contribution in [-0.2, 0) is 35.2 Å². The number of nitrogens with zero attached hydrogens (tertiary/aromatic N) is 9. The standard InChI is InChI=1S/C19H22N4S.C17H17N3OS.C10H13BrO2.C9H13N3OS.C8H12N2O.C8H8N2O.C5H5BrN2.C2H6/c1-23(2)12-6-7-15-10-11-18(20-13-15)22-19-21-14-17(24-19)16-8-4-3-5-9-16;21-10-4-5-13-8-9-16(18-11-13)20-17-19-12-15(22-17)14-6-2-1-3-7-14;1-12-10(13-2)9(11)8-6-4-3-5-7-8;10-9(14)12-8-4-3-7(6-11-8)2-1-5-13;2*9-8-4-3-7(6-10-8)2-1-5-11;6-4-1-2-5(7)8-3-4;1-2/h3-5,8-11,13-14H,6-7,12H2,1-2H3,(H,20,21,22);1-3,6-9,11-12,21H,4-5,10H2,(H,18,19,20);3-7,9-10H,1-2H3;3-4,6,13H,1-2,5H2,(H3,10,11,12,14);3-4,6,11H,1-2,5H2,(H2,9,10);3-4,6,11H,5H2,(H2,9,10);1-3H,(H2,7,8);1-2H3. The third kappa shape index (κ3) is 37.8. The van der Waals surface area contributed by atoms with E-state index < -0.39 is 0 Å². The molecule has 0 aliphatic rings. The van der Waals surface area contributed by atoms with Crippen LogP contribution < -0.4 is 38.9 Å². The fourth-order valence-corrected chi connectivity index (χ4v) is 11.3. The van der Waals surface area contributed by atoms with Gasteiger partial charge in [-0.2, -0.15) is 0 Å². The number of aryl methyl sites for hydroxylation is 4. The molecule has 556 valence electrons. The molecule has 3 aromatic carbocycles. The first-order chi connectivity index (χ1) is 51.0. The second-order valence-electron chi connectivity index (χ2n) is 22.2. The van der Waals surface area contributed by atoms with Gasteiger partial charge in [0.15, 0.2) is 21.7 Å². The number of thiazole rings is 2. The van der Waals surface area contributed by atoms with Gasteiger partial charge >= 0.3 is 0 Å². The summed E-state index contributed by atoms with van der Waals surface area (Å²) < 4.78 is 11.2. The van der Waals surface area contributed by atoms with Crippen LogP contribution in [0.4, 0.5) is 45.2 Å². The van der Waals surface area contributed by atoms with Gasteiger partial charge in [-0.05, 0) is 188 Å². The number of rotatable bonds is 24. The summed E-state index contributed by atoms with van der Waals surface area (Å²) in [5, 5.41) is 45.5. The molecule has 0 saturated heterocycles. The molecular weight excluding hydrogens is 1510 g/mol. The summed E-state index contributed by atoms with van der Waals surface area (Å²) in [6.45, 7) is 5.60. The molecule has 0 saturated carbocycles. The smallest absolute Gasteiger partial charge is 0.188 e. The molecule has 0 radical (unpaired) electrons. The summed E-state index contributed by atoms with van der Waals surface area (Å²) in [6.07, 6.45) is 21.1. The Hall–Kier alpha value is -9.25. The Balaban J connectivity index is 0.000000266. The Labute approximate surface area is 647 Å². The number of methoxy groups -OCH3 is 2. The van der Waals surface area contributed by atoms with Gasteiger partial charge in [0, 0.05) is 93.7 Å². The highest BCUT2D eigenvalue weighted by Crippen LogP contribution is 2.32. The number of thiocarbonyl (C=S) groups is 1. The molecule has 0 aliphatic carbocycles. The molecule has 27 heteroatoms. The fraction of sp³-hybridized carbons (Fsp3) is 0.269. The molecular formula is C78H96Br2N16O6S3. The lowest BCUT2D eigenvalue weighted by atomic mass is 10.1. The second kappa shape index (κ2) is 53.5. The third-order valence-corrected chi connectivity index (χ3v) is 17.2. The number of ether oxygens (including phenoxy) is 2. The van der Waals surface area contributed by atoms with Crippen molar-refractivity contribution in [1.29, 1.82) is 0 Å². The van der Waals surface area contributed by atoms with E-state index in [4.69, 9.17) is 52.8 Å². The fourth-order valence-electron chi connectivity index (χ4n) is 8.59.